The number of rotatable bonds is 3. The Labute approximate surface area is 119 Å². The second-order valence-corrected chi connectivity index (χ2v) is 4.91. The molecule has 3 nitrogen and oxygen atoms in total. The summed E-state index contributed by atoms with van der Waals surface area (Å²) in [5, 5.41) is 9.09. The van der Waals surface area contributed by atoms with E-state index in [1.54, 1.807) is 12.1 Å². The van der Waals surface area contributed by atoms with Crippen LogP contribution in [0.1, 0.15) is 21.5 Å². The lowest BCUT2D eigenvalue weighted by Crippen LogP contribution is -1.92. The second-order valence-electron chi connectivity index (χ2n) is 4.00. The fraction of sp³-hybridized carbons (Fsp3) is 0.0667. The topological polar surface area (TPSA) is 50.1 Å². The van der Waals surface area contributed by atoms with Crippen molar-refractivity contribution in [2.24, 2.45) is 0 Å². The molecular weight excluding hydrogens is 306 g/mol. The quantitative estimate of drug-likeness (QED) is 0.796. The SMILES string of the molecule is Cc1ccc(Br)cc1Oc1ccc(C=O)cc1C#N. The zero-order valence-corrected chi connectivity index (χ0v) is 11.8. The summed E-state index contributed by atoms with van der Waals surface area (Å²) in [7, 11) is 0. The van der Waals surface area contributed by atoms with Crippen LogP contribution in [-0.4, -0.2) is 6.29 Å². The molecule has 0 N–H and O–H groups in total. The summed E-state index contributed by atoms with van der Waals surface area (Å²) in [6, 6.07) is 12.5. The fourth-order valence-corrected chi connectivity index (χ4v) is 1.94. The van der Waals surface area contributed by atoms with Crippen molar-refractivity contribution in [1.82, 2.24) is 0 Å². The van der Waals surface area contributed by atoms with Crippen molar-refractivity contribution in [2.45, 2.75) is 6.92 Å². The third-order valence-electron chi connectivity index (χ3n) is 2.63. The molecule has 0 atom stereocenters. The molecule has 0 saturated carbocycles. The molecule has 0 aromatic heterocycles. The zero-order valence-electron chi connectivity index (χ0n) is 10.2. The van der Waals surface area contributed by atoms with Crippen LogP contribution in [0.5, 0.6) is 11.5 Å². The van der Waals surface area contributed by atoms with Crippen molar-refractivity contribution in [3.05, 3.63) is 57.6 Å². The molecule has 4 heteroatoms. The van der Waals surface area contributed by atoms with Crippen molar-refractivity contribution in [2.75, 3.05) is 0 Å². The van der Waals surface area contributed by atoms with Gasteiger partial charge in [0.05, 0.1) is 5.56 Å². The molecule has 0 aliphatic carbocycles. The molecule has 0 aliphatic rings. The lowest BCUT2D eigenvalue weighted by Gasteiger charge is -2.10. The minimum atomic E-state index is 0.337. The van der Waals surface area contributed by atoms with E-state index in [9.17, 15) is 4.79 Å². The second kappa shape index (κ2) is 5.68. The summed E-state index contributed by atoms with van der Waals surface area (Å²) in [6.45, 7) is 1.92. The van der Waals surface area contributed by atoms with E-state index >= 15 is 0 Å². The van der Waals surface area contributed by atoms with Crippen LogP contribution in [0.2, 0.25) is 0 Å². The number of hydrogen-bond donors (Lipinski definition) is 0. The number of aldehydes is 1. The summed E-state index contributed by atoms with van der Waals surface area (Å²) in [4.78, 5) is 10.7. The highest BCUT2D eigenvalue weighted by atomic mass is 79.9. The van der Waals surface area contributed by atoms with Gasteiger partial charge in [-0.05, 0) is 42.8 Å². The van der Waals surface area contributed by atoms with Gasteiger partial charge in [-0.25, -0.2) is 0 Å². The van der Waals surface area contributed by atoms with Crippen molar-refractivity contribution in [3.8, 4) is 17.6 Å². The smallest absolute Gasteiger partial charge is 0.150 e. The number of nitriles is 1. The molecule has 0 heterocycles. The predicted octanol–water partition coefficient (Wildman–Crippen LogP) is 4.23. The van der Waals surface area contributed by atoms with Gasteiger partial charge in [0, 0.05) is 10.0 Å². The van der Waals surface area contributed by atoms with Gasteiger partial charge in [0.1, 0.15) is 23.9 Å². The minimum Gasteiger partial charge on any atom is -0.456 e. The van der Waals surface area contributed by atoms with Gasteiger partial charge in [0.15, 0.2) is 0 Å². The number of hydrogen-bond acceptors (Lipinski definition) is 3. The van der Waals surface area contributed by atoms with Crippen LogP contribution < -0.4 is 4.74 Å². The number of halogens is 1. The van der Waals surface area contributed by atoms with Gasteiger partial charge in [0.25, 0.3) is 0 Å². The average molecular weight is 316 g/mol. The van der Waals surface area contributed by atoms with Crippen molar-refractivity contribution in [1.29, 1.82) is 5.26 Å². The third-order valence-corrected chi connectivity index (χ3v) is 3.12. The molecular formula is C15H10BrNO2. The number of carbonyl (C=O) groups is 1. The molecule has 0 bridgehead atoms. The Bertz CT molecular complexity index is 674. The molecule has 0 aliphatic heterocycles. The van der Waals surface area contributed by atoms with E-state index in [4.69, 9.17) is 10.00 Å². The minimum absolute atomic E-state index is 0.337. The van der Waals surface area contributed by atoms with E-state index in [0.29, 0.717) is 28.9 Å². The molecule has 0 fully saturated rings. The van der Waals surface area contributed by atoms with Crippen LogP contribution in [0.4, 0.5) is 0 Å². The first-order valence-electron chi connectivity index (χ1n) is 5.57. The van der Waals surface area contributed by atoms with Gasteiger partial charge >= 0.3 is 0 Å². The van der Waals surface area contributed by atoms with Crippen molar-refractivity contribution < 1.29 is 9.53 Å². The van der Waals surface area contributed by atoms with Crippen LogP contribution in [0.3, 0.4) is 0 Å². The third kappa shape index (κ3) is 3.01. The summed E-state index contributed by atoms with van der Waals surface area (Å²) in [6.07, 6.45) is 0.703. The van der Waals surface area contributed by atoms with Crippen LogP contribution in [0, 0.1) is 18.3 Å². The van der Waals surface area contributed by atoms with E-state index < -0.39 is 0 Å². The number of benzene rings is 2. The molecule has 19 heavy (non-hydrogen) atoms. The van der Waals surface area contributed by atoms with E-state index in [1.165, 1.54) is 6.07 Å². The first kappa shape index (κ1) is 13.3. The van der Waals surface area contributed by atoms with Crippen molar-refractivity contribution in [3.63, 3.8) is 0 Å². The van der Waals surface area contributed by atoms with Crippen LogP contribution in [0.15, 0.2) is 40.9 Å². The number of aryl methyl sites for hydroxylation is 1. The van der Waals surface area contributed by atoms with Gasteiger partial charge < -0.3 is 4.74 Å². The Balaban J connectivity index is 2.41. The highest BCUT2D eigenvalue weighted by Gasteiger charge is 2.08. The van der Waals surface area contributed by atoms with Crippen molar-refractivity contribution >= 4 is 22.2 Å². The normalized spacial score (nSPS) is 9.74. The Kier molecular flexibility index (Phi) is 3.98. The van der Waals surface area contributed by atoms with E-state index in [-0.39, 0.29) is 0 Å². The van der Waals surface area contributed by atoms with E-state index in [0.717, 1.165) is 10.0 Å². The average Bonchev–Trinajstić information content (AvgIpc) is 2.43. The van der Waals surface area contributed by atoms with Gasteiger partial charge in [-0.1, -0.05) is 22.0 Å². The van der Waals surface area contributed by atoms with Gasteiger partial charge in [-0.15, -0.1) is 0 Å². The van der Waals surface area contributed by atoms with Crippen LogP contribution in [0.25, 0.3) is 0 Å². The first-order valence-corrected chi connectivity index (χ1v) is 6.36. The maximum atomic E-state index is 10.7. The lowest BCUT2D eigenvalue weighted by atomic mass is 10.1. The molecule has 2 aromatic carbocycles. The zero-order chi connectivity index (χ0) is 13.8. The van der Waals surface area contributed by atoms with E-state index in [2.05, 4.69) is 15.9 Å². The highest BCUT2D eigenvalue weighted by Crippen LogP contribution is 2.30. The number of ether oxygens (including phenoxy) is 1. The van der Waals surface area contributed by atoms with Gasteiger partial charge in [-0.3, -0.25) is 4.79 Å². The highest BCUT2D eigenvalue weighted by molar-refractivity contribution is 9.10. The maximum absolute atomic E-state index is 10.7. The number of carbonyl (C=O) groups excluding carboxylic acids is 1. The molecule has 0 spiro atoms. The standard InChI is InChI=1S/C15H10BrNO2/c1-10-2-4-13(16)7-15(10)19-14-5-3-11(9-18)6-12(14)8-17/h2-7,9H,1H3. The number of nitrogens with zero attached hydrogens (tertiary/aromatic N) is 1. The Hall–Kier alpha value is -2.12. The van der Waals surface area contributed by atoms with Gasteiger partial charge in [-0.2, -0.15) is 5.26 Å². The molecule has 0 saturated heterocycles. The molecule has 0 radical (unpaired) electrons. The summed E-state index contributed by atoms with van der Waals surface area (Å²) < 4.78 is 6.64. The molecule has 0 amide bonds. The molecule has 0 unspecified atom stereocenters. The van der Waals surface area contributed by atoms with Crippen LogP contribution >= 0.6 is 15.9 Å². The summed E-state index contributed by atoms with van der Waals surface area (Å²) in [5.74, 6) is 1.11. The van der Waals surface area contributed by atoms with Gasteiger partial charge in [0.2, 0.25) is 0 Å². The largest absolute Gasteiger partial charge is 0.456 e. The predicted molar refractivity (Wildman–Crippen MR) is 75.5 cm³/mol. The Morgan fingerprint density at radius 2 is 2.00 bits per heavy atom. The Morgan fingerprint density at radius 1 is 1.21 bits per heavy atom. The first-order chi connectivity index (χ1) is 9.13. The molecule has 94 valence electrons. The maximum Gasteiger partial charge on any atom is 0.150 e. The molecule has 2 aromatic rings. The lowest BCUT2D eigenvalue weighted by molar-refractivity contribution is 0.112. The van der Waals surface area contributed by atoms with Crippen LogP contribution in [-0.2, 0) is 0 Å². The monoisotopic (exact) mass is 315 g/mol. The summed E-state index contributed by atoms with van der Waals surface area (Å²) >= 11 is 3.38. The summed E-state index contributed by atoms with van der Waals surface area (Å²) in [5.41, 5.74) is 1.75. The van der Waals surface area contributed by atoms with E-state index in [1.807, 2.05) is 31.2 Å². The Morgan fingerprint density at radius 3 is 2.68 bits per heavy atom. The molecule has 2 rings (SSSR count). The fourth-order valence-electron chi connectivity index (χ4n) is 1.60.